The maximum absolute atomic E-state index is 10.5. The van der Waals surface area contributed by atoms with Crippen LogP contribution in [-0.2, 0) is 9.47 Å². The number of rotatable bonds is 2. The van der Waals surface area contributed by atoms with Gasteiger partial charge in [0.15, 0.2) is 0 Å². The Balaban J connectivity index is 2.68. The number of azide groups is 1. The number of hydrogen-bond donors (Lipinski definition) is 1. The van der Waals surface area contributed by atoms with Crippen LogP contribution in [-0.4, -0.2) is 30.9 Å². The summed E-state index contributed by atoms with van der Waals surface area (Å²) in [4.78, 5) is 13.2. The van der Waals surface area contributed by atoms with Crippen LogP contribution in [0.5, 0.6) is 0 Å². The van der Waals surface area contributed by atoms with Gasteiger partial charge < -0.3 is 15.2 Å². The lowest BCUT2D eigenvalue weighted by atomic mass is 10.0. The molecule has 0 aliphatic carbocycles. The summed E-state index contributed by atoms with van der Waals surface area (Å²) in [7, 11) is 0. The molecular formula is C7H12N4O3. The number of primary amides is 1. The zero-order valence-corrected chi connectivity index (χ0v) is 7.79. The van der Waals surface area contributed by atoms with Crippen molar-refractivity contribution in [2.45, 2.75) is 31.6 Å². The van der Waals surface area contributed by atoms with E-state index in [9.17, 15) is 4.79 Å². The third kappa shape index (κ3) is 2.51. The van der Waals surface area contributed by atoms with E-state index < -0.39 is 18.2 Å². The molecule has 1 amide bonds. The Kier molecular flexibility index (Phi) is 3.55. The molecule has 3 atom stereocenters. The number of hydrogen-bond acceptors (Lipinski definition) is 4. The van der Waals surface area contributed by atoms with E-state index in [1.165, 1.54) is 0 Å². The molecule has 0 radical (unpaired) electrons. The van der Waals surface area contributed by atoms with Crippen LogP contribution in [0.3, 0.4) is 0 Å². The highest BCUT2D eigenvalue weighted by atomic mass is 16.6. The predicted octanol–water partition coefficient (Wildman–Crippen LogP) is 0.938. The van der Waals surface area contributed by atoms with E-state index in [4.69, 9.17) is 20.7 Å². The summed E-state index contributed by atoms with van der Waals surface area (Å²) in [6, 6.07) is -0.499. The normalized spacial score (nSPS) is 31.6. The fraction of sp³-hybridized carbons (Fsp3) is 0.857. The third-order valence-corrected chi connectivity index (χ3v) is 2.10. The van der Waals surface area contributed by atoms with Gasteiger partial charge in [-0.05, 0) is 12.5 Å². The van der Waals surface area contributed by atoms with E-state index in [1.807, 2.05) is 0 Å². The van der Waals surface area contributed by atoms with Crippen LogP contribution in [0.2, 0.25) is 0 Å². The zero-order chi connectivity index (χ0) is 10.6. The molecule has 7 heteroatoms. The lowest BCUT2D eigenvalue weighted by Gasteiger charge is -2.32. The van der Waals surface area contributed by atoms with E-state index in [-0.39, 0.29) is 6.10 Å². The van der Waals surface area contributed by atoms with Crippen LogP contribution in [0.1, 0.15) is 13.3 Å². The molecule has 2 N–H and O–H groups in total. The molecule has 1 fully saturated rings. The Bertz CT molecular complexity index is 264. The lowest BCUT2D eigenvalue weighted by Crippen LogP contribution is -2.44. The first-order valence-corrected chi connectivity index (χ1v) is 4.27. The second-order valence-corrected chi connectivity index (χ2v) is 3.04. The number of ether oxygens (including phenoxy) is 2. The molecule has 7 nitrogen and oxygen atoms in total. The quantitative estimate of drug-likeness (QED) is 0.406. The molecule has 0 saturated carbocycles. The van der Waals surface area contributed by atoms with Crippen LogP contribution in [0, 0.1) is 0 Å². The minimum absolute atomic E-state index is 0.260. The van der Waals surface area contributed by atoms with Gasteiger partial charge in [0.05, 0.1) is 12.7 Å². The highest BCUT2D eigenvalue weighted by Crippen LogP contribution is 2.20. The average Bonchev–Trinajstić information content (AvgIpc) is 2.10. The van der Waals surface area contributed by atoms with Crippen molar-refractivity contribution in [2.24, 2.45) is 10.8 Å². The lowest BCUT2D eigenvalue weighted by molar-refractivity contribution is -0.0540. The second kappa shape index (κ2) is 4.69. The fourth-order valence-corrected chi connectivity index (χ4v) is 1.45. The van der Waals surface area contributed by atoms with Crippen LogP contribution >= 0.6 is 0 Å². The van der Waals surface area contributed by atoms with Crippen molar-refractivity contribution in [2.75, 3.05) is 6.61 Å². The van der Waals surface area contributed by atoms with Crippen molar-refractivity contribution in [3.05, 3.63) is 10.4 Å². The maximum atomic E-state index is 10.5. The molecule has 0 spiro atoms. The maximum Gasteiger partial charge on any atom is 0.404 e. The van der Waals surface area contributed by atoms with Gasteiger partial charge in [0.25, 0.3) is 0 Å². The molecule has 0 unspecified atom stereocenters. The third-order valence-electron chi connectivity index (χ3n) is 2.10. The summed E-state index contributed by atoms with van der Waals surface area (Å²) in [6.45, 7) is 2.23. The van der Waals surface area contributed by atoms with Crippen LogP contribution in [0.25, 0.3) is 10.4 Å². The smallest absolute Gasteiger partial charge is 0.404 e. The molecule has 1 rings (SSSR count). The van der Waals surface area contributed by atoms with Gasteiger partial charge in [-0.25, -0.2) is 4.79 Å². The molecule has 1 heterocycles. The van der Waals surface area contributed by atoms with Crippen molar-refractivity contribution >= 4 is 6.09 Å². The van der Waals surface area contributed by atoms with Gasteiger partial charge in [-0.2, -0.15) is 0 Å². The second-order valence-electron chi connectivity index (χ2n) is 3.04. The van der Waals surface area contributed by atoms with Gasteiger partial charge in [-0.3, -0.25) is 0 Å². The summed E-state index contributed by atoms with van der Waals surface area (Å²) in [6.07, 6.45) is -1.10. The summed E-state index contributed by atoms with van der Waals surface area (Å²) < 4.78 is 10.1. The molecular weight excluding hydrogens is 188 g/mol. The van der Waals surface area contributed by atoms with Crippen LogP contribution < -0.4 is 5.73 Å². The van der Waals surface area contributed by atoms with Crippen molar-refractivity contribution < 1.29 is 14.3 Å². The monoisotopic (exact) mass is 200 g/mol. The minimum Gasteiger partial charge on any atom is -0.446 e. The van der Waals surface area contributed by atoms with E-state index >= 15 is 0 Å². The van der Waals surface area contributed by atoms with Crippen molar-refractivity contribution in [1.29, 1.82) is 0 Å². The summed E-state index contributed by atoms with van der Waals surface area (Å²) in [5, 5.41) is 3.52. The highest BCUT2D eigenvalue weighted by Gasteiger charge is 2.33. The number of carbonyl (C=O) groups excluding carboxylic acids is 1. The molecule has 1 aliphatic heterocycles. The molecule has 1 aliphatic rings. The first-order chi connectivity index (χ1) is 6.65. The Labute approximate surface area is 80.8 Å². The van der Waals surface area contributed by atoms with E-state index in [0.29, 0.717) is 13.0 Å². The Morgan fingerprint density at radius 1 is 1.79 bits per heavy atom. The van der Waals surface area contributed by atoms with Crippen molar-refractivity contribution in [1.82, 2.24) is 0 Å². The summed E-state index contributed by atoms with van der Waals surface area (Å²) in [5.74, 6) is 0. The van der Waals surface area contributed by atoms with Gasteiger partial charge in [0, 0.05) is 11.3 Å². The van der Waals surface area contributed by atoms with Crippen LogP contribution in [0.4, 0.5) is 4.79 Å². The average molecular weight is 200 g/mol. The SMILES string of the molecule is C[C@@H]1OCC[C@H](OC(N)=O)[C@H]1N=[N+]=[N-]. The van der Waals surface area contributed by atoms with Gasteiger partial charge in [-0.15, -0.1) is 0 Å². The molecule has 14 heavy (non-hydrogen) atoms. The highest BCUT2D eigenvalue weighted by molar-refractivity contribution is 5.64. The van der Waals surface area contributed by atoms with Gasteiger partial charge in [0.2, 0.25) is 0 Å². The Morgan fingerprint density at radius 3 is 3.07 bits per heavy atom. The van der Waals surface area contributed by atoms with Gasteiger partial charge in [-0.1, -0.05) is 5.11 Å². The van der Waals surface area contributed by atoms with Crippen molar-refractivity contribution in [3.63, 3.8) is 0 Å². The first-order valence-electron chi connectivity index (χ1n) is 4.27. The minimum atomic E-state index is -0.859. The van der Waals surface area contributed by atoms with Crippen molar-refractivity contribution in [3.8, 4) is 0 Å². The molecule has 0 aromatic heterocycles. The number of carbonyl (C=O) groups is 1. The molecule has 0 bridgehead atoms. The van der Waals surface area contributed by atoms with E-state index in [2.05, 4.69) is 10.0 Å². The molecule has 78 valence electrons. The van der Waals surface area contributed by atoms with E-state index in [0.717, 1.165) is 0 Å². The number of nitrogens with zero attached hydrogens (tertiary/aromatic N) is 3. The topological polar surface area (TPSA) is 110 Å². The van der Waals surface area contributed by atoms with Gasteiger partial charge >= 0.3 is 6.09 Å². The Hall–Kier alpha value is -1.46. The predicted molar refractivity (Wildman–Crippen MR) is 47.4 cm³/mol. The van der Waals surface area contributed by atoms with E-state index in [1.54, 1.807) is 6.92 Å². The molecule has 1 saturated heterocycles. The largest absolute Gasteiger partial charge is 0.446 e. The zero-order valence-electron chi connectivity index (χ0n) is 7.79. The summed E-state index contributed by atoms with van der Waals surface area (Å²) in [5.41, 5.74) is 13.2. The Morgan fingerprint density at radius 2 is 2.50 bits per heavy atom. The molecule has 0 aromatic carbocycles. The fourth-order valence-electron chi connectivity index (χ4n) is 1.45. The van der Waals surface area contributed by atoms with Gasteiger partial charge in [0.1, 0.15) is 12.1 Å². The first kappa shape index (κ1) is 10.6. The standard InChI is InChI=1S/C7H12N4O3/c1-4-6(10-11-9)5(2-3-13-4)14-7(8)12/h4-6H,2-3H2,1H3,(H2,8,12)/t4-,5-,6-/m0/s1. The molecule has 0 aromatic rings. The van der Waals surface area contributed by atoms with Crippen LogP contribution in [0.15, 0.2) is 5.11 Å². The number of nitrogens with two attached hydrogens (primary N) is 1. The summed E-state index contributed by atoms with van der Waals surface area (Å²) >= 11 is 0. The number of amides is 1.